The first-order chi connectivity index (χ1) is 9.57. The van der Waals surface area contributed by atoms with E-state index >= 15 is 0 Å². The van der Waals surface area contributed by atoms with Gasteiger partial charge in [-0.2, -0.15) is 13.2 Å². The number of allylic oxidation sites excluding steroid dienone is 1. The van der Waals surface area contributed by atoms with E-state index < -0.39 is 40.5 Å². The van der Waals surface area contributed by atoms with Gasteiger partial charge in [0, 0.05) is 16.5 Å². The molecule has 9 heteroatoms. The lowest BCUT2D eigenvalue weighted by Crippen LogP contribution is -2.39. The summed E-state index contributed by atoms with van der Waals surface area (Å²) in [5.41, 5.74) is -1.54. The van der Waals surface area contributed by atoms with Crippen LogP contribution >= 0.6 is 0 Å². The maximum Gasteiger partial charge on any atom is 0.419 e. The van der Waals surface area contributed by atoms with E-state index in [1.165, 1.54) is 13.8 Å². The van der Waals surface area contributed by atoms with Crippen LogP contribution in [0.2, 0.25) is 0 Å². The SMILES string of the molecule is CC1C=C(NC(=O)[C@H](C)C=O)C=C(C(F)(F)F)[C@H]1[N+](=O)[O-]. The summed E-state index contributed by atoms with van der Waals surface area (Å²) in [6.45, 7) is 2.53. The molecule has 0 bridgehead atoms. The number of amides is 1. The molecule has 6 nitrogen and oxygen atoms in total. The van der Waals surface area contributed by atoms with Gasteiger partial charge in [0.2, 0.25) is 11.9 Å². The number of hydrogen-bond acceptors (Lipinski definition) is 4. The first-order valence-electron chi connectivity index (χ1n) is 5.98. The van der Waals surface area contributed by atoms with Gasteiger partial charge in [-0.3, -0.25) is 14.9 Å². The first-order valence-corrected chi connectivity index (χ1v) is 5.98. The van der Waals surface area contributed by atoms with Crippen LogP contribution in [0.15, 0.2) is 23.4 Å². The summed E-state index contributed by atoms with van der Waals surface area (Å²) in [6, 6.07) is -1.92. The summed E-state index contributed by atoms with van der Waals surface area (Å²) in [4.78, 5) is 31.7. The van der Waals surface area contributed by atoms with Gasteiger partial charge >= 0.3 is 6.18 Å². The highest BCUT2D eigenvalue weighted by Gasteiger charge is 2.48. The number of nitrogens with one attached hydrogen (secondary N) is 1. The number of carbonyl (C=O) groups is 2. The summed E-state index contributed by atoms with van der Waals surface area (Å²) in [7, 11) is 0. The molecule has 0 fully saturated rings. The molecule has 0 heterocycles. The molecule has 0 radical (unpaired) electrons. The van der Waals surface area contributed by atoms with Crippen molar-refractivity contribution in [2.75, 3.05) is 0 Å². The predicted octanol–water partition coefficient (Wildman–Crippen LogP) is 1.61. The fourth-order valence-corrected chi connectivity index (χ4v) is 1.91. The van der Waals surface area contributed by atoms with Gasteiger partial charge in [0.25, 0.3) is 0 Å². The van der Waals surface area contributed by atoms with E-state index in [4.69, 9.17) is 0 Å². The summed E-state index contributed by atoms with van der Waals surface area (Å²) in [5.74, 6) is -2.86. The molecule has 1 aliphatic carbocycles. The number of nitro groups is 1. The van der Waals surface area contributed by atoms with E-state index in [1.807, 2.05) is 0 Å². The van der Waals surface area contributed by atoms with Crippen LogP contribution < -0.4 is 5.32 Å². The van der Waals surface area contributed by atoms with E-state index in [0.717, 1.165) is 6.08 Å². The van der Waals surface area contributed by atoms with Crippen molar-refractivity contribution < 1.29 is 27.7 Å². The van der Waals surface area contributed by atoms with Crippen molar-refractivity contribution >= 4 is 12.2 Å². The van der Waals surface area contributed by atoms with E-state index in [0.29, 0.717) is 12.4 Å². The topological polar surface area (TPSA) is 89.3 Å². The van der Waals surface area contributed by atoms with Gasteiger partial charge in [0.05, 0.1) is 5.92 Å². The highest BCUT2D eigenvalue weighted by molar-refractivity contribution is 5.92. The molecule has 1 aliphatic rings. The van der Waals surface area contributed by atoms with Crippen LogP contribution in [0.25, 0.3) is 0 Å². The fourth-order valence-electron chi connectivity index (χ4n) is 1.91. The van der Waals surface area contributed by atoms with Crippen molar-refractivity contribution in [3.05, 3.63) is 33.5 Å². The van der Waals surface area contributed by atoms with Crippen molar-refractivity contribution in [1.29, 1.82) is 0 Å². The lowest BCUT2D eigenvalue weighted by molar-refractivity contribution is -0.522. The maximum absolute atomic E-state index is 12.9. The lowest BCUT2D eigenvalue weighted by Gasteiger charge is -2.24. The molecule has 0 aliphatic heterocycles. The van der Waals surface area contributed by atoms with Crippen molar-refractivity contribution in [2.45, 2.75) is 26.1 Å². The molecule has 1 unspecified atom stereocenters. The Morgan fingerprint density at radius 3 is 2.52 bits per heavy atom. The Bertz CT molecular complexity index is 525. The molecule has 21 heavy (non-hydrogen) atoms. The van der Waals surface area contributed by atoms with Gasteiger partial charge in [0.1, 0.15) is 11.9 Å². The summed E-state index contributed by atoms with van der Waals surface area (Å²) >= 11 is 0. The minimum absolute atomic E-state index is 0.202. The molecule has 0 saturated heterocycles. The van der Waals surface area contributed by atoms with Crippen LogP contribution in [0.3, 0.4) is 0 Å². The summed E-state index contributed by atoms with van der Waals surface area (Å²) in [6.07, 6.45) is -2.84. The van der Waals surface area contributed by atoms with Gasteiger partial charge in [0.15, 0.2) is 0 Å². The quantitative estimate of drug-likeness (QED) is 0.370. The zero-order valence-electron chi connectivity index (χ0n) is 11.2. The second-order valence-electron chi connectivity index (χ2n) is 4.72. The standard InChI is InChI=1S/C12H13F3N2O4/c1-6-3-8(16-11(19)7(2)5-18)4-9(12(13,14)15)10(6)17(20)21/h3-7,10H,1-2H3,(H,16,19)/t6?,7-,10+/m1/s1. The Morgan fingerprint density at radius 2 is 2.10 bits per heavy atom. The molecule has 1 N–H and O–H groups in total. The largest absolute Gasteiger partial charge is 0.419 e. The number of alkyl halides is 3. The molecule has 0 aromatic heterocycles. The molecule has 1 amide bonds. The van der Waals surface area contributed by atoms with Gasteiger partial charge < -0.3 is 10.1 Å². The lowest BCUT2D eigenvalue weighted by atomic mass is 9.88. The third kappa shape index (κ3) is 3.89. The number of aldehydes is 1. The zero-order chi connectivity index (χ0) is 16.4. The van der Waals surface area contributed by atoms with Crippen LogP contribution in [0.1, 0.15) is 13.8 Å². The Morgan fingerprint density at radius 1 is 1.52 bits per heavy atom. The molecule has 0 spiro atoms. The molecule has 0 aromatic rings. The Kier molecular flexibility index (Phi) is 4.87. The fraction of sp³-hybridized carbons (Fsp3) is 0.500. The first kappa shape index (κ1) is 16.9. The maximum atomic E-state index is 12.9. The second kappa shape index (κ2) is 6.06. The number of nitrogens with zero attached hydrogens (tertiary/aromatic N) is 1. The molecule has 116 valence electrons. The van der Waals surface area contributed by atoms with Gasteiger partial charge in [-0.05, 0) is 13.0 Å². The van der Waals surface area contributed by atoms with Gasteiger partial charge in [-0.25, -0.2) is 0 Å². The third-order valence-electron chi connectivity index (χ3n) is 3.01. The minimum atomic E-state index is -4.88. The van der Waals surface area contributed by atoms with Crippen LogP contribution in [0, 0.1) is 22.0 Å². The van der Waals surface area contributed by atoms with Crippen molar-refractivity contribution in [1.82, 2.24) is 5.32 Å². The predicted molar refractivity (Wildman–Crippen MR) is 65.5 cm³/mol. The van der Waals surface area contributed by atoms with Crippen LogP contribution in [-0.4, -0.2) is 29.3 Å². The number of hydrogen-bond donors (Lipinski definition) is 1. The van der Waals surface area contributed by atoms with Crippen LogP contribution in [0.5, 0.6) is 0 Å². The van der Waals surface area contributed by atoms with E-state index in [1.54, 1.807) is 0 Å². The molecular formula is C12H13F3N2O4. The number of halogens is 3. The zero-order valence-corrected chi connectivity index (χ0v) is 11.2. The molecule has 0 saturated carbocycles. The van der Waals surface area contributed by atoms with Crippen LogP contribution in [0.4, 0.5) is 13.2 Å². The Labute approximate surface area is 117 Å². The number of rotatable bonds is 4. The average Bonchev–Trinajstić information content (AvgIpc) is 2.35. The monoisotopic (exact) mass is 306 g/mol. The average molecular weight is 306 g/mol. The third-order valence-corrected chi connectivity index (χ3v) is 3.01. The summed E-state index contributed by atoms with van der Waals surface area (Å²) < 4.78 is 38.7. The molecular weight excluding hydrogens is 293 g/mol. The van der Waals surface area contributed by atoms with Crippen molar-refractivity contribution in [3.63, 3.8) is 0 Å². The molecule has 1 rings (SSSR count). The van der Waals surface area contributed by atoms with Crippen molar-refractivity contribution in [3.8, 4) is 0 Å². The normalized spacial score (nSPS) is 23.7. The summed E-state index contributed by atoms with van der Waals surface area (Å²) in [5, 5.41) is 13.0. The second-order valence-corrected chi connectivity index (χ2v) is 4.72. The van der Waals surface area contributed by atoms with E-state index in [9.17, 15) is 32.9 Å². The van der Waals surface area contributed by atoms with Crippen LogP contribution in [-0.2, 0) is 9.59 Å². The van der Waals surface area contributed by atoms with Crippen molar-refractivity contribution in [2.24, 2.45) is 11.8 Å². The smallest absolute Gasteiger partial charge is 0.326 e. The van der Waals surface area contributed by atoms with E-state index in [-0.39, 0.29) is 5.70 Å². The van der Waals surface area contributed by atoms with E-state index in [2.05, 4.69) is 5.32 Å². The highest BCUT2D eigenvalue weighted by atomic mass is 19.4. The minimum Gasteiger partial charge on any atom is -0.326 e. The highest BCUT2D eigenvalue weighted by Crippen LogP contribution is 2.36. The number of carbonyl (C=O) groups excluding carboxylic acids is 2. The van der Waals surface area contributed by atoms with Gasteiger partial charge in [-0.15, -0.1) is 0 Å². The molecule has 3 atom stereocenters. The molecule has 0 aromatic carbocycles. The Hall–Kier alpha value is -2.19. The van der Waals surface area contributed by atoms with Gasteiger partial charge in [-0.1, -0.05) is 13.0 Å². The Balaban J connectivity index is 3.12.